The van der Waals surface area contributed by atoms with Crippen molar-refractivity contribution in [2.75, 3.05) is 11.4 Å². The monoisotopic (exact) mass is 259 g/mol. The van der Waals surface area contributed by atoms with E-state index in [0.717, 1.165) is 18.4 Å². The second-order valence-corrected chi connectivity index (χ2v) is 4.62. The molecule has 0 spiro atoms. The first-order valence-electron chi connectivity index (χ1n) is 6.43. The molecular weight excluding hydrogens is 242 g/mol. The van der Waals surface area contributed by atoms with Crippen LogP contribution in [0.4, 0.5) is 5.69 Å². The van der Waals surface area contributed by atoms with Gasteiger partial charge in [0.2, 0.25) is 5.91 Å². The van der Waals surface area contributed by atoms with E-state index in [0.29, 0.717) is 18.7 Å². The van der Waals surface area contributed by atoms with Gasteiger partial charge in [-0.05, 0) is 43.5 Å². The van der Waals surface area contributed by atoms with Gasteiger partial charge in [0.1, 0.15) is 0 Å². The van der Waals surface area contributed by atoms with Gasteiger partial charge < -0.3 is 10.0 Å². The molecule has 1 heterocycles. The SMILES string of the molecule is C/C=C\c1cc(C(=O)O)cc(N2CCCCC2=O)c1. The first-order valence-corrected chi connectivity index (χ1v) is 6.43. The Labute approximate surface area is 112 Å². The summed E-state index contributed by atoms with van der Waals surface area (Å²) >= 11 is 0. The van der Waals surface area contributed by atoms with E-state index >= 15 is 0 Å². The second-order valence-electron chi connectivity index (χ2n) is 4.62. The lowest BCUT2D eigenvalue weighted by Gasteiger charge is -2.27. The molecule has 0 atom stereocenters. The molecular formula is C15H17NO3. The lowest BCUT2D eigenvalue weighted by Crippen LogP contribution is -2.35. The molecule has 2 rings (SSSR count). The van der Waals surface area contributed by atoms with Crippen molar-refractivity contribution in [3.8, 4) is 0 Å². The van der Waals surface area contributed by atoms with Gasteiger partial charge in [-0.25, -0.2) is 4.79 Å². The van der Waals surface area contributed by atoms with Gasteiger partial charge >= 0.3 is 5.97 Å². The number of amides is 1. The van der Waals surface area contributed by atoms with Crippen LogP contribution in [-0.4, -0.2) is 23.5 Å². The number of rotatable bonds is 3. The fraction of sp³-hybridized carbons (Fsp3) is 0.333. The number of carboxylic acids is 1. The number of carbonyl (C=O) groups excluding carboxylic acids is 1. The largest absolute Gasteiger partial charge is 0.478 e. The molecule has 0 saturated carbocycles. The van der Waals surface area contributed by atoms with Gasteiger partial charge in [-0.1, -0.05) is 12.2 Å². The molecule has 1 aliphatic heterocycles. The van der Waals surface area contributed by atoms with Crippen molar-refractivity contribution in [3.63, 3.8) is 0 Å². The quantitative estimate of drug-likeness (QED) is 0.908. The Bertz CT molecular complexity index is 534. The number of carbonyl (C=O) groups is 2. The van der Waals surface area contributed by atoms with Crippen LogP contribution < -0.4 is 4.90 Å². The number of allylic oxidation sites excluding steroid dienone is 1. The smallest absolute Gasteiger partial charge is 0.335 e. The highest BCUT2D eigenvalue weighted by Gasteiger charge is 2.20. The van der Waals surface area contributed by atoms with Crippen LogP contribution in [0.15, 0.2) is 24.3 Å². The molecule has 4 nitrogen and oxygen atoms in total. The summed E-state index contributed by atoms with van der Waals surface area (Å²) < 4.78 is 0. The third-order valence-electron chi connectivity index (χ3n) is 3.18. The zero-order valence-electron chi connectivity index (χ0n) is 10.9. The molecule has 0 aromatic heterocycles. The van der Waals surface area contributed by atoms with Crippen molar-refractivity contribution in [1.82, 2.24) is 0 Å². The van der Waals surface area contributed by atoms with E-state index in [1.807, 2.05) is 25.1 Å². The highest BCUT2D eigenvalue weighted by molar-refractivity contribution is 5.96. The van der Waals surface area contributed by atoms with Crippen molar-refractivity contribution in [3.05, 3.63) is 35.4 Å². The zero-order chi connectivity index (χ0) is 13.8. The first kappa shape index (κ1) is 13.3. The summed E-state index contributed by atoms with van der Waals surface area (Å²) in [7, 11) is 0. The number of aromatic carboxylic acids is 1. The van der Waals surface area contributed by atoms with Gasteiger partial charge in [-0.15, -0.1) is 0 Å². The van der Waals surface area contributed by atoms with Crippen molar-refractivity contribution in [2.45, 2.75) is 26.2 Å². The van der Waals surface area contributed by atoms with Crippen LogP contribution in [0.25, 0.3) is 6.08 Å². The third kappa shape index (κ3) is 3.02. The average molecular weight is 259 g/mol. The molecule has 0 unspecified atom stereocenters. The summed E-state index contributed by atoms with van der Waals surface area (Å²) in [5.74, 6) is -0.905. The first-order chi connectivity index (χ1) is 9.11. The number of hydrogen-bond acceptors (Lipinski definition) is 2. The predicted molar refractivity (Wildman–Crippen MR) is 74.3 cm³/mol. The summed E-state index contributed by atoms with van der Waals surface area (Å²) in [6.45, 7) is 2.54. The summed E-state index contributed by atoms with van der Waals surface area (Å²) in [6, 6.07) is 5.04. The van der Waals surface area contributed by atoms with E-state index in [2.05, 4.69) is 0 Å². The Hall–Kier alpha value is -2.10. The van der Waals surface area contributed by atoms with E-state index in [9.17, 15) is 9.59 Å². The number of benzene rings is 1. The van der Waals surface area contributed by atoms with Crippen LogP contribution >= 0.6 is 0 Å². The molecule has 0 bridgehead atoms. The maximum absolute atomic E-state index is 11.9. The fourth-order valence-corrected chi connectivity index (χ4v) is 2.28. The van der Waals surface area contributed by atoms with Gasteiger partial charge in [0.05, 0.1) is 5.56 Å². The van der Waals surface area contributed by atoms with Crippen molar-refractivity contribution >= 4 is 23.6 Å². The van der Waals surface area contributed by atoms with Gasteiger partial charge in [-0.3, -0.25) is 4.79 Å². The van der Waals surface area contributed by atoms with E-state index in [-0.39, 0.29) is 11.5 Å². The minimum atomic E-state index is -0.975. The van der Waals surface area contributed by atoms with Crippen molar-refractivity contribution in [1.29, 1.82) is 0 Å². The molecule has 4 heteroatoms. The second kappa shape index (κ2) is 5.69. The third-order valence-corrected chi connectivity index (χ3v) is 3.18. The normalized spacial score (nSPS) is 16.1. The highest BCUT2D eigenvalue weighted by Crippen LogP contribution is 2.24. The molecule has 1 aromatic carbocycles. The summed E-state index contributed by atoms with van der Waals surface area (Å²) in [5.41, 5.74) is 1.69. The summed E-state index contributed by atoms with van der Waals surface area (Å²) in [6.07, 6.45) is 6.10. The van der Waals surface area contributed by atoms with Gasteiger partial charge in [-0.2, -0.15) is 0 Å². The van der Waals surface area contributed by atoms with Crippen LogP contribution in [0.5, 0.6) is 0 Å². The fourth-order valence-electron chi connectivity index (χ4n) is 2.28. The maximum Gasteiger partial charge on any atom is 0.335 e. The molecule has 1 aliphatic rings. The molecule has 1 saturated heterocycles. The minimum Gasteiger partial charge on any atom is -0.478 e. The Balaban J connectivity index is 2.43. The van der Waals surface area contributed by atoms with Crippen molar-refractivity contribution in [2.24, 2.45) is 0 Å². The van der Waals surface area contributed by atoms with Gasteiger partial charge in [0.15, 0.2) is 0 Å². The minimum absolute atomic E-state index is 0.0696. The number of piperidine rings is 1. The molecule has 0 aliphatic carbocycles. The molecule has 0 radical (unpaired) electrons. The average Bonchev–Trinajstić information content (AvgIpc) is 2.39. The lowest BCUT2D eigenvalue weighted by molar-refractivity contribution is -0.119. The van der Waals surface area contributed by atoms with Crippen LogP contribution in [0.2, 0.25) is 0 Å². The molecule has 1 fully saturated rings. The van der Waals surface area contributed by atoms with E-state index in [1.54, 1.807) is 17.0 Å². The molecule has 1 N–H and O–H groups in total. The van der Waals surface area contributed by atoms with Crippen LogP contribution in [0.3, 0.4) is 0 Å². The standard InChI is InChI=1S/C15H17NO3/c1-2-5-11-8-12(15(18)19)10-13(9-11)16-7-4-3-6-14(16)17/h2,5,8-10H,3-4,6-7H2,1H3,(H,18,19)/b5-2-. The predicted octanol–water partition coefficient (Wildman–Crippen LogP) is 2.93. The maximum atomic E-state index is 11.9. The van der Waals surface area contributed by atoms with Crippen LogP contribution in [0, 0.1) is 0 Å². The van der Waals surface area contributed by atoms with E-state index in [1.165, 1.54) is 0 Å². The molecule has 100 valence electrons. The van der Waals surface area contributed by atoms with Crippen LogP contribution in [-0.2, 0) is 4.79 Å². The highest BCUT2D eigenvalue weighted by atomic mass is 16.4. The van der Waals surface area contributed by atoms with Gasteiger partial charge in [0, 0.05) is 18.7 Å². The number of hydrogen-bond donors (Lipinski definition) is 1. The van der Waals surface area contributed by atoms with E-state index in [4.69, 9.17) is 5.11 Å². The van der Waals surface area contributed by atoms with E-state index < -0.39 is 5.97 Å². The topological polar surface area (TPSA) is 57.6 Å². The molecule has 19 heavy (non-hydrogen) atoms. The number of nitrogens with zero attached hydrogens (tertiary/aromatic N) is 1. The van der Waals surface area contributed by atoms with Crippen molar-refractivity contribution < 1.29 is 14.7 Å². The summed E-state index contributed by atoms with van der Waals surface area (Å²) in [4.78, 5) is 24.7. The lowest BCUT2D eigenvalue weighted by atomic mass is 10.0. The molecule has 1 aromatic rings. The number of anilines is 1. The summed E-state index contributed by atoms with van der Waals surface area (Å²) in [5, 5.41) is 9.14. The zero-order valence-corrected chi connectivity index (χ0v) is 10.9. The van der Waals surface area contributed by atoms with Crippen LogP contribution in [0.1, 0.15) is 42.1 Å². The molecule has 1 amide bonds. The Kier molecular flexibility index (Phi) is 4.00. The Morgan fingerprint density at radius 3 is 2.74 bits per heavy atom. The number of carboxylic acid groups (broad SMARTS) is 1. The van der Waals surface area contributed by atoms with Gasteiger partial charge in [0.25, 0.3) is 0 Å². The Morgan fingerprint density at radius 1 is 1.32 bits per heavy atom. The Morgan fingerprint density at radius 2 is 2.11 bits per heavy atom.